The number of hydrogen-bond acceptors (Lipinski definition) is 2. The van der Waals surface area contributed by atoms with Crippen molar-refractivity contribution in [2.45, 2.75) is 13.8 Å². The van der Waals surface area contributed by atoms with Crippen molar-refractivity contribution < 1.29 is 9.53 Å². The lowest BCUT2D eigenvalue weighted by atomic mass is 10.0. The van der Waals surface area contributed by atoms with E-state index in [4.69, 9.17) is 27.9 Å². The van der Waals surface area contributed by atoms with E-state index in [1.807, 2.05) is 0 Å². The van der Waals surface area contributed by atoms with Gasteiger partial charge in [0.25, 0.3) is 0 Å². The van der Waals surface area contributed by atoms with E-state index in [1.165, 1.54) is 7.11 Å². The molecular formula is C11H12Cl2O2. The smallest absolute Gasteiger partial charge is 0.170 e. The highest BCUT2D eigenvalue weighted by Gasteiger charge is 2.21. The molecule has 0 spiro atoms. The lowest BCUT2D eigenvalue weighted by molar-refractivity contribution is 0.0936. The molecule has 0 saturated heterocycles. The van der Waals surface area contributed by atoms with Gasteiger partial charge in [0, 0.05) is 5.92 Å². The molecule has 0 fully saturated rings. The van der Waals surface area contributed by atoms with Crippen LogP contribution in [0.4, 0.5) is 0 Å². The molecule has 1 aromatic rings. The zero-order valence-corrected chi connectivity index (χ0v) is 10.3. The molecule has 0 amide bonds. The predicted molar refractivity (Wildman–Crippen MR) is 62.2 cm³/mol. The molecular weight excluding hydrogens is 235 g/mol. The van der Waals surface area contributed by atoms with Crippen molar-refractivity contribution in [1.82, 2.24) is 0 Å². The third-order valence-corrected chi connectivity index (χ3v) is 2.65. The Kier molecular flexibility index (Phi) is 4.00. The summed E-state index contributed by atoms with van der Waals surface area (Å²) in [5.41, 5.74) is 0.363. The van der Waals surface area contributed by atoms with Gasteiger partial charge >= 0.3 is 0 Å². The van der Waals surface area contributed by atoms with Crippen LogP contribution in [0.5, 0.6) is 5.75 Å². The van der Waals surface area contributed by atoms with E-state index in [-0.39, 0.29) is 11.7 Å². The van der Waals surface area contributed by atoms with Crippen LogP contribution in [0, 0.1) is 5.92 Å². The zero-order chi connectivity index (χ0) is 11.6. The zero-order valence-electron chi connectivity index (χ0n) is 8.80. The number of ketones is 1. The molecule has 15 heavy (non-hydrogen) atoms. The molecule has 0 aliphatic carbocycles. The van der Waals surface area contributed by atoms with Gasteiger partial charge in [-0.15, -0.1) is 0 Å². The van der Waals surface area contributed by atoms with E-state index < -0.39 is 0 Å². The third kappa shape index (κ3) is 2.44. The number of benzene rings is 1. The minimum absolute atomic E-state index is 0.0700. The maximum absolute atomic E-state index is 11.9. The number of carbonyl (C=O) groups excluding carboxylic acids is 1. The van der Waals surface area contributed by atoms with E-state index in [2.05, 4.69) is 0 Å². The van der Waals surface area contributed by atoms with Gasteiger partial charge in [0.15, 0.2) is 5.78 Å². The second-order valence-electron chi connectivity index (χ2n) is 3.46. The minimum Gasteiger partial charge on any atom is -0.494 e. The van der Waals surface area contributed by atoms with Crippen molar-refractivity contribution in [3.63, 3.8) is 0 Å². The summed E-state index contributed by atoms with van der Waals surface area (Å²) in [6.45, 7) is 3.61. The van der Waals surface area contributed by atoms with Gasteiger partial charge in [-0.25, -0.2) is 0 Å². The Bertz CT molecular complexity index is 386. The molecule has 2 nitrogen and oxygen atoms in total. The minimum atomic E-state index is -0.144. The Morgan fingerprint density at radius 3 is 2.27 bits per heavy atom. The lowest BCUT2D eigenvalue weighted by Gasteiger charge is -2.12. The van der Waals surface area contributed by atoms with Gasteiger partial charge in [0.2, 0.25) is 0 Å². The van der Waals surface area contributed by atoms with Crippen molar-refractivity contribution in [2.24, 2.45) is 5.92 Å². The fourth-order valence-corrected chi connectivity index (χ4v) is 1.73. The number of ether oxygens (including phenoxy) is 1. The van der Waals surface area contributed by atoms with Crippen molar-refractivity contribution >= 4 is 29.0 Å². The topological polar surface area (TPSA) is 26.3 Å². The van der Waals surface area contributed by atoms with Gasteiger partial charge in [-0.1, -0.05) is 37.0 Å². The summed E-state index contributed by atoms with van der Waals surface area (Å²) in [6.07, 6.45) is 0. The summed E-state index contributed by atoms with van der Waals surface area (Å²) in [6, 6.07) is 3.21. The molecule has 0 radical (unpaired) electrons. The Morgan fingerprint density at radius 2 is 1.80 bits per heavy atom. The largest absolute Gasteiger partial charge is 0.494 e. The van der Waals surface area contributed by atoms with E-state index in [1.54, 1.807) is 26.0 Å². The average molecular weight is 247 g/mol. The van der Waals surface area contributed by atoms with Crippen LogP contribution in [0.1, 0.15) is 24.2 Å². The van der Waals surface area contributed by atoms with Gasteiger partial charge in [0.05, 0.1) is 22.7 Å². The Labute approximate surface area is 99.1 Å². The molecule has 0 unspecified atom stereocenters. The van der Waals surface area contributed by atoms with Crippen LogP contribution >= 0.6 is 23.2 Å². The first kappa shape index (κ1) is 12.3. The summed E-state index contributed by atoms with van der Waals surface area (Å²) in [5.74, 6) is 0.136. The van der Waals surface area contributed by atoms with Crippen LogP contribution in [0.2, 0.25) is 10.0 Å². The van der Waals surface area contributed by atoms with Crippen LogP contribution in [-0.4, -0.2) is 12.9 Å². The summed E-state index contributed by atoms with van der Waals surface area (Å²) in [4.78, 5) is 11.9. The fraction of sp³-hybridized carbons (Fsp3) is 0.364. The van der Waals surface area contributed by atoms with Crippen LogP contribution in [0.25, 0.3) is 0 Å². The van der Waals surface area contributed by atoms with Gasteiger partial charge in [-0.3, -0.25) is 4.79 Å². The number of Topliss-reactive ketones (excluding diaryl/α,β-unsaturated/α-hetero) is 1. The van der Waals surface area contributed by atoms with E-state index in [0.717, 1.165) is 0 Å². The van der Waals surface area contributed by atoms with E-state index in [0.29, 0.717) is 21.4 Å². The molecule has 0 bridgehead atoms. The average Bonchev–Trinajstić information content (AvgIpc) is 2.19. The van der Waals surface area contributed by atoms with Crippen molar-refractivity contribution in [3.05, 3.63) is 27.7 Å². The summed E-state index contributed by atoms with van der Waals surface area (Å²) < 4.78 is 5.09. The third-order valence-electron chi connectivity index (χ3n) is 2.03. The first-order valence-corrected chi connectivity index (χ1v) is 5.30. The Hall–Kier alpha value is -0.730. The predicted octanol–water partition coefficient (Wildman–Crippen LogP) is 3.84. The van der Waals surface area contributed by atoms with Gasteiger partial charge in [0.1, 0.15) is 5.75 Å². The first-order chi connectivity index (χ1) is 6.99. The lowest BCUT2D eigenvalue weighted by Crippen LogP contribution is -2.10. The number of hydrogen-bond donors (Lipinski definition) is 0. The molecule has 0 aromatic heterocycles. The Morgan fingerprint density at radius 1 is 1.27 bits per heavy atom. The maximum Gasteiger partial charge on any atom is 0.170 e. The molecule has 1 rings (SSSR count). The first-order valence-electron chi connectivity index (χ1n) is 4.55. The standard InChI is InChI=1S/C11H12Cl2O2/c1-6(2)10(14)9-7(12)4-5-8(13)11(9)15-3/h4-6H,1-3H3. The highest BCUT2D eigenvalue weighted by molar-refractivity contribution is 6.37. The number of rotatable bonds is 3. The normalized spacial score (nSPS) is 10.5. The maximum atomic E-state index is 11.9. The van der Waals surface area contributed by atoms with E-state index in [9.17, 15) is 4.79 Å². The van der Waals surface area contributed by atoms with Crippen molar-refractivity contribution in [1.29, 1.82) is 0 Å². The van der Waals surface area contributed by atoms with Gasteiger partial charge in [-0.05, 0) is 12.1 Å². The molecule has 82 valence electrons. The SMILES string of the molecule is COc1c(Cl)ccc(Cl)c1C(=O)C(C)C. The molecule has 1 aromatic carbocycles. The molecule has 0 saturated carbocycles. The van der Waals surface area contributed by atoms with Crippen LogP contribution in [0.3, 0.4) is 0 Å². The molecule has 0 N–H and O–H groups in total. The number of carbonyl (C=O) groups is 1. The number of methoxy groups -OCH3 is 1. The molecule has 0 atom stereocenters. The molecule has 0 heterocycles. The highest BCUT2D eigenvalue weighted by atomic mass is 35.5. The number of halogens is 2. The molecule has 0 aliphatic heterocycles. The summed E-state index contributed by atoms with van der Waals surface area (Å²) >= 11 is 11.9. The van der Waals surface area contributed by atoms with Gasteiger partial charge in [-0.2, -0.15) is 0 Å². The second-order valence-corrected chi connectivity index (χ2v) is 4.27. The van der Waals surface area contributed by atoms with Gasteiger partial charge < -0.3 is 4.74 Å². The van der Waals surface area contributed by atoms with Crippen molar-refractivity contribution in [3.8, 4) is 5.75 Å². The van der Waals surface area contributed by atoms with Crippen molar-refractivity contribution in [2.75, 3.05) is 7.11 Å². The molecule has 0 aliphatic rings. The summed E-state index contributed by atoms with van der Waals surface area (Å²) in [5, 5.41) is 0.765. The molecule has 4 heteroatoms. The van der Waals surface area contributed by atoms with E-state index >= 15 is 0 Å². The highest BCUT2D eigenvalue weighted by Crippen LogP contribution is 2.35. The fourth-order valence-electron chi connectivity index (χ4n) is 1.25. The second kappa shape index (κ2) is 4.86. The quantitative estimate of drug-likeness (QED) is 0.758. The van der Waals surface area contributed by atoms with Crippen LogP contribution in [0.15, 0.2) is 12.1 Å². The monoisotopic (exact) mass is 246 g/mol. The Balaban J connectivity index is 3.37. The van der Waals surface area contributed by atoms with Crippen LogP contribution in [-0.2, 0) is 0 Å². The summed E-state index contributed by atoms with van der Waals surface area (Å²) in [7, 11) is 1.47. The van der Waals surface area contributed by atoms with Crippen LogP contribution < -0.4 is 4.74 Å².